The summed E-state index contributed by atoms with van der Waals surface area (Å²) in [4.78, 5) is 26.2. The SMILES string of the molecule is CSc1ccc(CNC(=O)c2ccc(NC(=O)c3nsc4ccccc34)cc2)cc1. The number of anilines is 1. The van der Waals surface area contributed by atoms with Crippen LogP contribution in [0.25, 0.3) is 10.1 Å². The van der Waals surface area contributed by atoms with Crippen LogP contribution in [-0.2, 0) is 6.54 Å². The monoisotopic (exact) mass is 433 g/mol. The molecular formula is C23H19N3O2S2. The Labute approximate surface area is 182 Å². The molecule has 0 aliphatic heterocycles. The second-order valence-electron chi connectivity index (χ2n) is 6.59. The Bertz CT molecular complexity index is 1190. The van der Waals surface area contributed by atoms with E-state index in [9.17, 15) is 9.59 Å². The highest BCUT2D eigenvalue weighted by Crippen LogP contribution is 2.23. The highest BCUT2D eigenvalue weighted by molar-refractivity contribution is 7.98. The van der Waals surface area contributed by atoms with Gasteiger partial charge in [0.25, 0.3) is 11.8 Å². The number of carbonyl (C=O) groups excluding carboxylic acids is 2. The van der Waals surface area contributed by atoms with Crippen molar-refractivity contribution in [1.82, 2.24) is 9.69 Å². The third-order valence-electron chi connectivity index (χ3n) is 4.61. The normalized spacial score (nSPS) is 10.7. The fourth-order valence-corrected chi connectivity index (χ4v) is 4.15. The van der Waals surface area contributed by atoms with Gasteiger partial charge in [-0.15, -0.1) is 11.8 Å². The second-order valence-corrected chi connectivity index (χ2v) is 8.27. The Morgan fingerprint density at radius 1 is 0.933 bits per heavy atom. The van der Waals surface area contributed by atoms with Crippen molar-refractivity contribution in [2.45, 2.75) is 11.4 Å². The zero-order valence-corrected chi connectivity index (χ0v) is 17.8. The van der Waals surface area contributed by atoms with E-state index in [1.807, 2.05) is 54.8 Å². The van der Waals surface area contributed by atoms with Gasteiger partial charge in [0.15, 0.2) is 0 Å². The number of carbonyl (C=O) groups is 2. The van der Waals surface area contributed by atoms with Crippen molar-refractivity contribution in [2.24, 2.45) is 0 Å². The van der Waals surface area contributed by atoms with Crippen LogP contribution in [0.15, 0.2) is 77.7 Å². The summed E-state index contributed by atoms with van der Waals surface area (Å²) in [5, 5.41) is 6.59. The van der Waals surface area contributed by atoms with E-state index in [2.05, 4.69) is 15.0 Å². The summed E-state index contributed by atoms with van der Waals surface area (Å²) in [6, 6.07) is 22.5. The van der Waals surface area contributed by atoms with Crippen LogP contribution in [0, 0.1) is 0 Å². The van der Waals surface area contributed by atoms with E-state index in [0.717, 1.165) is 15.6 Å². The van der Waals surface area contributed by atoms with Crippen molar-refractivity contribution in [3.63, 3.8) is 0 Å². The third kappa shape index (κ3) is 4.53. The van der Waals surface area contributed by atoms with Crippen LogP contribution in [0.3, 0.4) is 0 Å². The molecule has 4 aromatic rings. The molecule has 0 radical (unpaired) electrons. The van der Waals surface area contributed by atoms with Gasteiger partial charge in [-0.3, -0.25) is 9.59 Å². The lowest BCUT2D eigenvalue weighted by Gasteiger charge is -2.08. The van der Waals surface area contributed by atoms with Crippen molar-refractivity contribution >= 4 is 50.9 Å². The molecule has 0 saturated heterocycles. The molecule has 0 aliphatic rings. The molecule has 150 valence electrons. The molecule has 2 amide bonds. The summed E-state index contributed by atoms with van der Waals surface area (Å²) >= 11 is 2.98. The molecule has 1 heterocycles. The molecule has 0 atom stereocenters. The van der Waals surface area contributed by atoms with Gasteiger partial charge in [-0.2, -0.15) is 4.37 Å². The number of fused-ring (bicyclic) bond motifs is 1. The minimum Gasteiger partial charge on any atom is -0.348 e. The van der Waals surface area contributed by atoms with Crippen molar-refractivity contribution in [3.8, 4) is 0 Å². The Morgan fingerprint density at radius 2 is 1.67 bits per heavy atom. The molecule has 0 aliphatic carbocycles. The largest absolute Gasteiger partial charge is 0.348 e. The first-order valence-corrected chi connectivity index (χ1v) is 11.3. The topological polar surface area (TPSA) is 71.1 Å². The van der Waals surface area contributed by atoms with Gasteiger partial charge in [0.05, 0.1) is 4.70 Å². The molecule has 0 saturated carbocycles. The van der Waals surface area contributed by atoms with E-state index in [4.69, 9.17) is 0 Å². The van der Waals surface area contributed by atoms with Crippen LogP contribution >= 0.6 is 23.3 Å². The minimum atomic E-state index is -0.265. The molecule has 7 heteroatoms. The Kier molecular flexibility index (Phi) is 6.11. The number of thioether (sulfide) groups is 1. The first kappa shape index (κ1) is 20.1. The fraction of sp³-hybridized carbons (Fsp3) is 0.0870. The molecule has 2 N–H and O–H groups in total. The summed E-state index contributed by atoms with van der Waals surface area (Å²) in [5.41, 5.74) is 2.60. The van der Waals surface area contributed by atoms with Gasteiger partial charge in [-0.1, -0.05) is 30.3 Å². The van der Waals surface area contributed by atoms with Gasteiger partial charge in [0.1, 0.15) is 5.69 Å². The summed E-state index contributed by atoms with van der Waals surface area (Å²) in [7, 11) is 0. The molecule has 0 bridgehead atoms. The fourth-order valence-electron chi connectivity index (χ4n) is 2.97. The van der Waals surface area contributed by atoms with E-state index in [1.54, 1.807) is 36.0 Å². The summed E-state index contributed by atoms with van der Waals surface area (Å²) < 4.78 is 5.24. The molecule has 3 aromatic carbocycles. The van der Waals surface area contributed by atoms with Crippen molar-refractivity contribution in [3.05, 3.63) is 89.6 Å². The molecule has 1 aromatic heterocycles. The van der Waals surface area contributed by atoms with Gasteiger partial charge < -0.3 is 10.6 Å². The molecule has 0 spiro atoms. The minimum absolute atomic E-state index is 0.160. The first-order valence-electron chi connectivity index (χ1n) is 9.31. The van der Waals surface area contributed by atoms with E-state index < -0.39 is 0 Å². The van der Waals surface area contributed by atoms with E-state index >= 15 is 0 Å². The smallest absolute Gasteiger partial charge is 0.276 e. The zero-order chi connectivity index (χ0) is 20.9. The first-order chi connectivity index (χ1) is 14.6. The number of nitrogens with one attached hydrogen (secondary N) is 2. The maximum absolute atomic E-state index is 12.6. The molecule has 5 nitrogen and oxygen atoms in total. The van der Waals surface area contributed by atoms with Crippen molar-refractivity contribution < 1.29 is 9.59 Å². The zero-order valence-electron chi connectivity index (χ0n) is 16.2. The van der Waals surface area contributed by atoms with Crippen LogP contribution in [0.1, 0.15) is 26.4 Å². The maximum atomic E-state index is 12.6. The Hall–Kier alpha value is -3.16. The number of nitrogens with zero attached hydrogens (tertiary/aromatic N) is 1. The highest BCUT2D eigenvalue weighted by atomic mass is 32.2. The number of hydrogen-bond donors (Lipinski definition) is 2. The van der Waals surface area contributed by atoms with Crippen LogP contribution in [0.4, 0.5) is 5.69 Å². The van der Waals surface area contributed by atoms with Gasteiger partial charge in [0, 0.05) is 28.1 Å². The van der Waals surface area contributed by atoms with Gasteiger partial charge >= 0.3 is 0 Å². The summed E-state index contributed by atoms with van der Waals surface area (Å²) in [6.07, 6.45) is 2.03. The van der Waals surface area contributed by atoms with E-state index in [1.165, 1.54) is 16.4 Å². The average molecular weight is 434 g/mol. The molecular weight excluding hydrogens is 414 g/mol. The lowest BCUT2D eigenvalue weighted by atomic mass is 10.1. The number of hydrogen-bond acceptors (Lipinski definition) is 5. The molecule has 30 heavy (non-hydrogen) atoms. The van der Waals surface area contributed by atoms with Crippen LogP contribution in [0.2, 0.25) is 0 Å². The Morgan fingerprint density at radius 3 is 2.40 bits per heavy atom. The van der Waals surface area contributed by atoms with E-state index in [0.29, 0.717) is 23.5 Å². The molecule has 0 fully saturated rings. The lowest BCUT2D eigenvalue weighted by Crippen LogP contribution is -2.22. The van der Waals surface area contributed by atoms with Crippen LogP contribution in [-0.4, -0.2) is 22.4 Å². The third-order valence-corrected chi connectivity index (χ3v) is 6.18. The predicted molar refractivity (Wildman–Crippen MR) is 123 cm³/mol. The maximum Gasteiger partial charge on any atom is 0.276 e. The predicted octanol–water partition coefficient (Wildman–Crippen LogP) is 5.20. The van der Waals surface area contributed by atoms with Crippen LogP contribution in [0.5, 0.6) is 0 Å². The Balaban J connectivity index is 1.37. The van der Waals surface area contributed by atoms with Gasteiger partial charge in [-0.25, -0.2) is 0 Å². The standard InChI is InChI=1S/C23H19N3O2S2/c1-29-18-12-6-15(7-13-18)14-24-22(27)16-8-10-17(11-9-16)25-23(28)21-19-4-2-3-5-20(19)30-26-21/h2-13H,14H2,1H3,(H,24,27)(H,25,28). The number of benzene rings is 3. The summed E-state index contributed by atoms with van der Waals surface area (Å²) in [5.74, 6) is -0.425. The molecule has 4 rings (SSSR count). The summed E-state index contributed by atoms with van der Waals surface area (Å²) in [6.45, 7) is 0.461. The second kappa shape index (κ2) is 9.11. The number of aromatic nitrogens is 1. The van der Waals surface area contributed by atoms with Gasteiger partial charge in [0.2, 0.25) is 0 Å². The van der Waals surface area contributed by atoms with Crippen molar-refractivity contribution in [2.75, 3.05) is 11.6 Å². The quantitative estimate of drug-likeness (QED) is 0.410. The number of rotatable bonds is 6. The number of amides is 2. The van der Waals surface area contributed by atoms with Gasteiger partial charge in [-0.05, 0) is 65.8 Å². The van der Waals surface area contributed by atoms with E-state index in [-0.39, 0.29) is 11.8 Å². The lowest BCUT2D eigenvalue weighted by molar-refractivity contribution is 0.0950. The van der Waals surface area contributed by atoms with Crippen molar-refractivity contribution in [1.29, 1.82) is 0 Å². The molecule has 0 unspecified atom stereocenters. The highest BCUT2D eigenvalue weighted by Gasteiger charge is 2.14. The van der Waals surface area contributed by atoms with Crippen LogP contribution < -0.4 is 10.6 Å². The average Bonchev–Trinajstić information content (AvgIpc) is 3.23.